The molecule has 1 aliphatic carbocycles. The first-order chi connectivity index (χ1) is 4.08. The van der Waals surface area contributed by atoms with E-state index in [2.05, 4.69) is 26.5 Å². The molecule has 0 atom stereocenters. The number of hydrogen-bond donors (Lipinski definition) is 1. The van der Waals surface area contributed by atoms with Crippen molar-refractivity contribution in [1.82, 2.24) is 0 Å². The van der Waals surface area contributed by atoms with Gasteiger partial charge in [-0.05, 0) is 18.8 Å². The van der Waals surface area contributed by atoms with Gasteiger partial charge in [-0.1, -0.05) is 26.7 Å². The molecule has 0 aromatic heterocycles. The van der Waals surface area contributed by atoms with Crippen LogP contribution >= 0.6 is 12.6 Å². The van der Waals surface area contributed by atoms with E-state index in [1.54, 1.807) is 0 Å². The molecule has 0 radical (unpaired) electrons. The van der Waals surface area contributed by atoms with Gasteiger partial charge in [0.25, 0.3) is 0 Å². The van der Waals surface area contributed by atoms with Crippen LogP contribution in [-0.2, 0) is 0 Å². The summed E-state index contributed by atoms with van der Waals surface area (Å²) in [6, 6.07) is 0. The summed E-state index contributed by atoms with van der Waals surface area (Å²) < 4.78 is 0.266. The summed E-state index contributed by atoms with van der Waals surface area (Å²) in [6.07, 6.45) is 5.63. The second-order valence-electron chi connectivity index (χ2n) is 3.79. The Morgan fingerprint density at radius 2 is 2.00 bits per heavy atom. The third kappa shape index (κ3) is 3.85. The van der Waals surface area contributed by atoms with Crippen molar-refractivity contribution in [2.24, 2.45) is 5.92 Å². The van der Waals surface area contributed by atoms with Crippen LogP contribution in [0.15, 0.2) is 0 Å². The van der Waals surface area contributed by atoms with Crippen molar-refractivity contribution in [3.63, 3.8) is 0 Å². The number of thiol groups is 1. The van der Waals surface area contributed by atoms with Crippen LogP contribution in [0.25, 0.3) is 0 Å². The zero-order chi connectivity index (χ0) is 6.91. The smallest absolute Gasteiger partial charge is 0.00732 e. The monoisotopic (exact) mass is 144 g/mol. The quantitative estimate of drug-likeness (QED) is 0.578. The van der Waals surface area contributed by atoms with E-state index in [9.17, 15) is 0 Å². The summed E-state index contributed by atoms with van der Waals surface area (Å²) in [5.74, 6) is 1.07. The van der Waals surface area contributed by atoms with Crippen molar-refractivity contribution in [2.75, 3.05) is 0 Å². The SMILES string of the molecule is CC(C)(S)CCC1CC1. The highest BCUT2D eigenvalue weighted by atomic mass is 32.1. The maximum absolute atomic E-state index is 4.46. The molecule has 1 heteroatoms. The lowest BCUT2D eigenvalue weighted by molar-refractivity contribution is 0.570. The summed E-state index contributed by atoms with van der Waals surface area (Å²) in [4.78, 5) is 0. The predicted octanol–water partition coefficient (Wildman–Crippen LogP) is 2.89. The standard InChI is InChI=1S/C8H16S/c1-8(2,9)6-5-7-3-4-7/h7,9H,3-6H2,1-2H3. The van der Waals surface area contributed by atoms with E-state index >= 15 is 0 Å². The van der Waals surface area contributed by atoms with Gasteiger partial charge in [-0.2, -0.15) is 12.6 Å². The van der Waals surface area contributed by atoms with E-state index in [1.165, 1.54) is 25.7 Å². The van der Waals surface area contributed by atoms with Gasteiger partial charge in [-0.25, -0.2) is 0 Å². The Morgan fingerprint density at radius 1 is 1.44 bits per heavy atom. The largest absolute Gasteiger partial charge is 0.173 e. The molecule has 0 nitrogen and oxygen atoms in total. The molecule has 1 saturated carbocycles. The van der Waals surface area contributed by atoms with Gasteiger partial charge in [0.1, 0.15) is 0 Å². The zero-order valence-electron chi connectivity index (χ0n) is 6.35. The zero-order valence-corrected chi connectivity index (χ0v) is 7.25. The lowest BCUT2D eigenvalue weighted by Crippen LogP contribution is -2.09. The van der Waals surface area contributed by atoms with E-state index < -0.39 is 0 Å². The van der Waals surface area contributed by atoms with Crippen LogP contribution in [0.3, 0.4) is 0 Å². The summed E-state index contributed by atoms with van der Waals surface area (Å²) in [7, 11) is 0. The van der Waals surface area contributed by atoms with Crippen LogP contribution < -0.4 is 0 Å². The van der Waals surface area contributed by atoms with Crippen LogP contribution in [-0.4, -0.2) is 4.75 Å². The Hall–Kier alpha value is 0.350. The molecule has 0 saturated heterocycles. The minimum Gasteiger partial charge on any atom is -0.173 e. The van der Waals surface area contributed by atoms with Crippen molar-refractivity contribution < 1.29 is 0 Å². The Labute approximate surface area is 63.4 Å². The summed E-state index contributed by atoms with van der Waals surface area (Å²) in [5.41, 5.74) is 0. The van der Waals surface area contributed by atoms with Crippen molar-refractivity contribution in [1.29, 1.82) is 0 Å². The van der Waals surface area contributed by atoms with Crippen LogP contribution in [0, 0.1) is 5.92 Å². The predicted molar refractivity (Wildman–Crippen MR) is 45.0 cm³/mol. The first kappa shape index (κ1) is 7.46. The Bertz CT molecular complexity index is 87.2. The summed E-state index contributed by atoms with van der Waals surface area (Å²) in [5, 5.41) is 0. The molecule has 54 valence electrons. The number of hydrogen-bond acceptors (Lipinski definition) is 1. The van der Waals surface area contributed by atoms with Crippen molar-refractivity contribution >= 4 is 12.6 Å². The fraction of sp³-hybridized carbons (Fsp3) is 1.00. The molecule has 0 amide bonds. The highest BCUT2D eigenvalue weighted by Gasteiger charge is 2.23. The van der Waals surface area contributed by atoms with E-state index in [-0.39, 0.29) is 4.75 Å². The maximum atomic E-state index is 4.46. The fourth-order valence-electron chi connectivity index (χ4n) is 0.964. The lowest BCUT2D eigenvalue weighted by atomic mass is 10.1. The lowest BCUT2D eigenvalue weighted by Gasteiger charge is -2.15. The topological polar surface area (TPSA) is 0 Å². The van der Waals surface area contributed by atoms with Gasteiger partial charge in [-0.15, -0.1) is 0 Å². The van der Waals surface area contributed by atoms with Crippen molar-refractivity contribution in [3.8, 4) is 0 Å². The van der Waals surface area contributed by atoms with E-state index in [0.29, 0.717) is 0 Å². The molecule has 1 rings (SSSR count). The van der Waals surface area contributed by atoms with Crippen LogP contribution in [0.2, 0.25) is 0 Å². The molecule has 0 N–H and O–H groups in total. The average Bonchev–Trinajstić information content (AvgIpc) is 2.38. The third-order valence-electron chi connectivity index (χ3n) is 1.86. The first-order valence-corrected chi connectivity index (χ1v) is 4.25. The van der Waals surface area contributed by atoms with E-state index in [1.807, 2.05) is 0 Å². The molecule has 0 aromatic carbocycles. The van der Waals surface area contributed by atoms with Crippen LogP contribution in [0.1, 0.15) is 39.5 Å². The second kappa shape index (κ2) is 2.53. The highest BCUT2D eigenvalue weighted by molar-refractivity contribution is 7.81. The third-order valence-corrected chi connectivity index (χ3v) is 2.08. The molecule has 1 aliphatic rings. The van der Waals surface area contributed by atoms with Crippen LogP contribution in [0.5, 0.6) is 0 Å². The number of rotatable bonds is 3. The normalized spacial score (nSPS) is 20.3. The van der Waals surface area contributed by atoms with Gasteiger partial charge >= 0.3 is 0 Å². The van der Waals surface area contributed by atoms with Gasteiger partial charge in [0.15, 0.2) is 0 Å². The highest BCUT2D eigenvalue weighted by Crippen LogP contribution is 2.36. The van der Waals surface area contributed by atoms with Crippen molar-refractivity contribution in [2.45, 2.75) is 44.3 Å². The first-order valence-electron chi connectivity index (χ1n) is 3.80. The van der Waals surface area contributed by atoms with Crippen molar-refractivity contribution in [3.05, 3.63) is 0 Å². The van der Waals surface area contributed by atoms with E-state index in [0.717, 1.165) is 5.92 Å². The molecule has 0 heterocycles. The molecule has 0 aliphatic heterocycles. The summed E-state index contributed by atoms with van der Waals surface area (Å²) >= 11 is 4.46. The molecule has 0 aromatic rings. The van der Waals surface area contributed by atoms with Crippen LogP contribution in [0.4, 0.5) is 0 Å². The molecule has 0 unspecified atom stereocenters. The molecular weight excluding hydrogens is 128 g/mol. The molecule has 9 heavy (non-hydrogen) atoms. The van der Waals surface area contributed by atoms with Gasteiger partial charge in [0, 0.05) is 4.75 Å². The van der Waals surface area contributed by atoms with Gasteiger partial charge in [-0.3, -0.25) is 0 Å². The molecular formula is C8H16S. The van der Waals surface area contributed by atoms with E-state index in [4.69, 9.17) is 0 Å². The maximum Gasteiger partial charge on any atom is 0.00732 e. The second-order valence-corrected chi connectivity index (χ2v) is 5.01. The molecule has 0 spiro atoms. The van der Waals surface area contributed by atoms with Gasteiger partial charge in [0.05, 0.1) is 0 Å². The molecule has 0 bridgehead atoms. The Morgan fingerprint density at radius 3 is 2.33 bits per heavy atom. The summed E-state index contributed by atoms with van der Waals surface area (Å²) in [6.45, 7) is 4.39. The molecule has 1 fully saturated rings. The van der Waals surface area contributed by atoms with Gasteiger partial charge in [0.2, 0.25) is 0 Å². The Balaban J connectivity index is 2.03. The fourth-order valence-corrected chi connectivity index (χ4v) is 1.09. The minimum atomic E-state index is 0.266. The Kier molecular flexibility index (Phi) is 2.10. The van der Waals surface area contributed by atoms with Gasteiger partial charge < -0.3 is 0 Å². The average molecular weight is 144 g/mol. The minimum absolute atomic E-state index is 0.266.